The Morgan fingerprint density at radius 3 is 3.11 bits per heavy atom. The summed E-state index contributed by atoms with van der Waals surface area (Å²) in [5.74, 6) is -0.266. The highest BCUT2D eigenvalue weighted by molar-refractivity contribution is 6.23. The van der Waals surface area contributed by atoms with Crippen molar-refractivity contribution in [3.05, 3.63) is 18.3 Å². The average molecular weight is 248 g/mol. The van der Waals surface area contributed by atoms with Crippen molar-refractivity contribution in [3.63, 3.8) is 0 Å². The molecule has 0 aromatic carbocycles. The zero-order chi connectivity index (χ0) is 13.4. The van der Waals surface area contributed by atoms with Gasteiger partial charge in [0.05, 0.1) is 19.4 Å². The second-order valence-corrected chi connectivity index (χ2v) is 2.96. The Kier molecular flexibility index (Phi) is 5.12. The number of aromatic nitrogens is 1. The van der Waals surface area contributed by atoms with Gasteiger partial charge in [0.25, 0.3) is 0 Å². The van der Waals surface area contributed by atoms with E-state index in [0.717, 1.165) is 11.2 Å². The summed E-state index contributed by atoms with van der Waals surface area (Å²) in [5, 5.41) is 13.6. The third kappa shape index (κ3) is 3.75. The quantitative estimate of drug-likeness (QED) is 0.253. The lowest BCUT2D eigenvalue weighted by atomic mass is 10.4. The van der Waals surface area contributed by atoms with Crippen molar-refractivity contribution in [2.45, 2.75) is 6.92 Å². The van der Waals surface area contributed by atoms with Crippen LogP contribution in [0.3, 0.4) is 0 Å². The van der Waals surface area contributed by atoms with Crippen molar-refractivity contribution in [2.24, 2.45) is 5.10 Å². The maximum Gasteiger partial charge on any atom is 0.351 e. The Hall–Kier alpha value is -2.62. The van der Waals surface area contributed by atoms with Gasteiger partial charge in [0.2, 0.25) is 12.1 Å². The Balaban J connectivity index is 2.83. The second kappa shape index (κ2) is 6.85. The van der Waals surface area contributed by atoms with Gasteiger partial charge in [-0.25, -0.2) is 9.78 Å². The van der Waals surface area contributed by atoms with Gasteiger partial charge < -0.3 is 9.47 Å². The molecule has 1 rings (SSSR count). The summed E-state index contributed by atoms with van der Waals surface area (Å²) in [6.07, 6.45) is 4.21. The molecule has 0 N–H and O–H groups in total. The molecule has 0 unspecified atom stereocenters. The predicted molar refractivity (Wildman–Crippen MR) is 64.0 cm³/mol. The van der Waals surface area contributed by atoms with Gasteiger partial charge in [-0.1, -0.05) is 0 Å². The Morgan fingerprint density at radius 2 is 2.50 bits per heavy atom. The summed E-state index contributed by atoms with van der Waals surface area (Å²) in [7, 11) is 1.46. The molecule has 0 aliphatic rings. The van der Waals surface area contributed by atoms with E-state index in [2.05, 4.69) is 14.8 Å². The van der Waals surface area contributed by atoms with Crippen LogP contribution in [0.2, 0.25) is 0 Å². The number of methoxy groups -OCH3 is 1. The van der Waals surface area contributed by atoms with Crippen molar-refractivity contribution in [1.29, 1.82) is 5.26 Å². The van der Waals surface area contributed by atoms with Crippen molar-refractivity contribution in [1.82, 2.24) is 4.98 Å². The first kappa shape index (κ1) is 13.4. The summed E-state index contributed by atoms with van der Waals surface area (Å²) in [6, 6.07) is 3.08. The minimum atomic E-state index is -0.612. The van der Waals surface area contributed by atoms with Crippen LogP contribution >= 0.6 is 0 Å². The number of anilines is 1. The number of carbonyl (C=O) groups is 1. The van der Waals surface area contributed by atoms with Crippen LogP contribution in [0.5, 0.6) is 5.88 Å². The van der Waals surface area contributed by atoms with E-state index in [9.17, 15) is 4.79 Å². The van der Waals surface area contributed by atoms with Crippen molar-refractivity contribution >= 4 is 17.9 Å². The molecule has 0 bridgehead atoms. The van der Waals surface area contributed by atoms with E-state index >= 15 is 0 Å². The number of pyridine rings is 1. The molecule has 0 spiro atoms. The van der Waals surface area contributed by atoms with Gasteiger partial charge in [0.15, 0.2) is 0 Å². The molecule has 0 atom stereocenters. The van der Waals surface area contributed by atoms with Gasteiger partial charge in [-0.05, 0) is 13.0 Å². The van der Waals surface area contributed by atoms with Gasteiger partial charge in [-0.2, -0.15) is 15.4 Å². The first-order valence-electron chi connectivity index (χ1n) is 5.12. The van der Waals surface area contributed by atoms with Gasteiger partial charge in [0, 0.05) is 12.3 Å². The summed E-state index contributed by atoms with van der Waals surface area (Å²) in [4.78, 5) is 15.0. The smallest absolute Gasteiger partial charge is 0.351 e. The fraction of sp³-hybridized carbons (Fsp3) is 0.273. The molecule has 7 nitrogen and oxygen atoms in total. The van der Waals surface area contributed by atoms with Crippen molar-refractivity contribution < 1.29 is 14.3 Å². The van der Waals surface area contributed by atoms with Gasteiger partial charge in [-0.3, -0.25) is 0 Å². The van der Waals surface area contributed by atoms with E-state index < -0.39 is 5.97 Å². The molecule has 0 fully saturated rings. The van der Waals surface area contributed by atoms with Gasteiger partial charge in [0.1, 0.15) is 6.21 Å². The minimum absolute atomic E-state index is 0.250. The highest BCUT2D eigenvalue weighted by atomic mass is 16.5. The van der Waals surface area contributed by atoms with E-state index in [0.29, 0.717) is 11.6 Å². The molecule has 0 saturated heterocycles. The zero-order valence-corrected chi connectivity index (χ0v) is 10.0. The van der Waals surface area contributed by atoms with E-state index in [4.69, 9.17) is 10.00 Å². The first-order valence-corrected chi connectivity index (χ1v) is 5.12. The lowest BCUT2D eigenvalue weighted by molar-refractivity contribution is -0.134. The van der Waals surface area contributed by atoms with E-state index in [1.165, 1.54) is 19.4 Å². The van der Waals surface area contributed by atoms with Crippen molar-refractivity contribution in [3.8, 4) is 12.1 Å². The fourth-order valence-corrected chi connectivity index (χ4v) is 1.08. The maximum absolute atomic E-state index is 11.1. The largest absolute Gasteiger partial charge is 0.481 e. The molecule has 1 heterocycles. The fourth-order valence-electron chi connectivity index (χ4n) is 1.08. The molecule has 0 saturated carbocycles. The van der Waals surface area contributed by atoms with Gasteiger partial charge >= 0.3 is 5.97 Å². The predicted octanol–water partition coefficient (Wildman–Crippen LogP) is 0.927. The molecule has 18 heavy (non-hydrogen) atoms. The maximum atomic E-state index is 11.1. The zero-order valence-electron chi connectivity index (χ0n) is 10.0. The Bertz CT molecular complexity index is 481. The summed E-state index contributed by atoms with van der Waals surface area (Å²) < 4.78 is 9.58. The number of rotatable bonds is 5. The van der Waals surface area contributed by atoms with Crippen molar-refractivity contribution in [2.75, 3.05) is 18.7 Å². The lowest BCUT2D eigenvalue weighted by Crippen LogP contribution is -2.12. The number of ether oxygens (including phenoxy) is 2. The number of hydrogen-bond acceptors (Lipinski definition) is 7. The average Bonchev–Trinajstić information content (AvgIpc) is 2.40. The van der Waals surface area contributed by atoms with Gasteiger partial charge in [-0.15, -0.1) is 0 Å². The number of hydrazone groups is 1. The van der Waals surface area contributed by atoms with Crippen LogP contribution in [0.15, 0.2) is 23.4 Å². The molecule has 0 aliphatic heterocycles. The topological polar surface area (TPSA) is 87.8 Å². The molecule has 1 aromatic heterocycles. The minimum Gasteiger partial charge on any atom is -0.481 e. The third-order valence-electron chi connectivity index (χ3n) is 1.83. The highest BCUT2D eigenvalue weighted by Crippen LogP contribution is 2.17. The Morgan fingerprint density at radius 1 is 1.72 bits per heavy atom. The normalized spacial score (nSPS) is 9.83. The number of nitriles is 1. The van der Waals surface area contributed by atoms with Crippen LogP contribution in [0.1, 0.15) is 6.92 Å². The van der Waals surface area contributed by atoms with E-state index in [1.807, 2.05) is 6.19 Å². The number of nitrogens with zero attached hydrogens (tertiary/aromatic N) is 4. The summed E-state index contributed by atoms with van der Waals surface area (Å²) in [6.45, 7) is 1.93. The molecule has 0 amide bonds. The molecular weight excluding hydrogens is 236 g/mol. The van der Waals surface area contributed by atoms with E-state index in [-0.39, 0.29) is 6.61 Å². The number of hydrogen-bond donors (Lipinski definition) is 0. The van der Waals surface area contributed by atoms with Crippen LogP contribution in [-0.2, 0) is 9.53 Å². The summed E-state index contributed by atoms with van der Waals surface area (Å²) >= 11 is 0. The standard InChI is InChI=1S/C11H12N4O3/c1-3-18-11(16)7-14-15(8-12)9-4-5-13-10(6-9)17-2/h4-7H,3H2,1-2H3/b14-7+. The first-order chi connectivity index (χ1) is 8.71. The lowest BCUT2D eigenvalue weighted by Gasteiger charge is -2.09. The molecular formula is C11H12N4O3. The highest BCUT2D eigenvalue weighted by Gasteiger charge is 2.06. The molecule has 0 aliphatic carbocycles. The summed E-state index contributed by atoms with van der Waals surface area (Å²) in [5.41, 5.74) is 0.435. The molecule has 94 valence electrons. The monoisotopic (exact) mass is 248 g/mol. The van der Waals surface area contributed by atoms with Crippen LogP contribution < -0.4 is 9.75 Å². The SMILES string of the molecule is CCOC(=O)/C=N/N(C#N)c1ccnc(OC)c1. The van der Waals surface area contributed by atoms with E-state index in [1.54, 1.807) is 13.0 Å². The molecule has 1 aromatic rings. The van der Waals surface area contributed by atoms with Crippen LogP contribution in [0.4, 0.5) is 5.69 Å². The molecule has 7 heteroatoms. The van der Waals surface area contributed by atoms with Crippen LogP contribution in [-0.4, -0.2) is 30.9 Å². The van der Waals surface area contributed by atoms with Crippen LogP contribution in [0.25, 0.3) is 0 Å². The number of carbonyl (C=O) groups excluding carboxylic acids is 1. The second-order valence-electron chi connectivity index (χ2n) is 2.96. The molecule has 0 radical (unpaired) electrons. The Labute approximate surface area is 104 Å². The number of esters is 1. The van der Waals surface area contributed by atoms with Crippen LogP contribution in [0, 0.1) is 11.5 Å². The third-order valence-corrected chi connectivity index (χ3v) is 1.83.